The number of aromatic carboxylic acids is 1. The van der Waals surface area contributed by atoms with Gasteiger partial charge in [0.2, 0.25) is 0 Å². The number of alkyl halides is 3. The molecule has 0 atom stereocenters. The van der Waals surface area contributed by atoms with Gasteiger partial charge in [0.25, 0.3) is 11.8 Å². The summed E-state index contributed by atoms with van der Waals surface area (Å²) < 4.78 is 44.1. The number of ether oxygens (including phenoxy) is 1. The number of barbiturate groups is 1. The summed E-state index contributed by atoms with van der Waals surface area (Å²) in [6, 6.07) is 4.33. The molecule has 0 radical (unpaired) electrons. The van der Waals surface area contributed by atoms with Gasteiger partial charge in [-0.2, -0.15) is 13.2 Å². The number of carbonyl (C=O) groups excluding carboxylic acids is 4. The Labute approximate surface area is 182 Å². The Morgan fingerprint density at radius 2 is 1.84 bits per heavy atom. The molecule has 1 heterocycles. The van der Waals surface area contributed by atoms with E-state index in [1.165, 1.54) is 19.2 Å². The lowest BCUT2D eigenvalue weighted by Gasteiger charge is -2.27. The van der Waals surface area contributed by atoms with Gasteiger partial charge in [-0.15, -0.1) is 0 Å². The first kappa shape index (κ1) is 22.8. The van der Waals surface area contributed by atoms with E-state index < -0.39 is 46.8 Å². The highest BCUT2D eigenvalue weighted by atomic mass is 35.5. The lowest BCUT2D eigenvalue weighted by Crippen LogP contribution is -2.54. The average Bonchev–Trinajstić information content (AvgIpc) is 2.71. The fourth-order valence-electron chi connectivity index (χ4n) is 2.88. The molecule has 0 spiro atoms. The third-order valence-corrected chi connectivity index (χ3v) is 4.69. The number of carboxylic acids is 1. The third kappa shape index (κ3) is 4.28. The summed E-state index contributed by atoms with van der Waals surface area (Å²) in [5.41, 5.74) is -2.74. The molecule has 1 saturated heterocycles. The van der Waals surface area contributed by atoms with E-state index in [9.17, 15) is 37.5 Å². The molecule has 8 nitrogen and oxygen atoms in total. The predicted octanol–water partition coefficient (Wildman–Crippen LogP) is 2.40. The molecule has 2 aromatic carbocycles. The van der Waals surface area contributed by atoms with Gasteiger partial charge in [-0.05, 0) is 42.0 Å². The Kier molecular flexibility index (Phi) is 5.95. The Hall–Kier alpha value is -3.86. The van der Waals surface area contributed by atoms with Gasteiger partial charge in [0.05, 0.1) is 29.4 Å². The monoisotopic (exact) mass is 467 g/mol. The quantitative estimate of drug-likeness (QED) is 0.545. The molecule has 0 saturated carbocycles. The zero-order valence-corrected chi connectivity index (χ0v) is 16.7. The van der Waals surface area contributed by atoms with Crippen LogP contribution in [0.3, 0.4) is 0 Å². The second-order valence-electron chi connectivity index (χ2n) is 6.37. The summed E-state index contributed by atoms with van der Waals surface area (Å²) in [4.78, 5) is 48.9. The van der Waals surface area contributed by atoms with Gasteiger partial charge in [0.1, 0.15) is 11.3 Å². The molecule has 1 fully saturated rings. The molecule has 0 unspecified atom stereocenters. The number of hydrogen-bond acceptors (Lipinski definition) is 6. The molecule has 1 aliphatic rings. The first-order valence-corrected chi connectivity index (χ1v) is 8.99. The van der Waals surface area contributed by atoms with Crippen molar-refractivity contribution in [3.63, 3.8) is 0 Å². The molecule has 0 aromatic heterocycles. The molecule has 32 heavy (non-hydrogen) atoms. The maximum Gasteiger partial charge on any atom is 0.416 e. The second-order valence-corrected chi connectivity index (χ2v) is 6.78. The zero-order chi connectivity index (χ0) is 23.8. The molecular weight excluding hydrogens is 457 g/mol. The van der Waals surface area contributed by atoms with Crippen LogP contribution in [-0.4, -0.2) is 30.9 Å². The number of imide groups is 2. The minimum absolute atomic E-state index is 0.0425. The second kappa shape index (κ2) is 8.35. The van der Waals surface area contributed by atoms with Crippen LogP contribution in [0.1, 0.15) is 21.5 Å². The minimum atomic E-state index is -4.78. The van der Waals surface area contributed by atoms with Crippen molar-refractivity contribution in [1.29, 1.82) is 0 Å². The average molecular weight is 468 g/mol. The third-order valence-electron chi connectivity index (χ3n) is 4.37. The van der Waals surface area contributed by atoms with Crippen LogP contribution < -0.4 is 20.1 Å². The number of nitrogens with one attached hydrogen (secondary N) is 1. The van der Waals surface area contributed by atoms with Crippen molar-refractivity contribution in [2.45, 2.75) is 6.18 Å². The maximum absolute atomic E-state index is 13.1. The van der Waals surface area contributed by atoms with Crippen molar-refractivity contribution in [3.05, 3.63) is 63.7 Å². The lowest BCUT2D eigenvalue weighted by molar-refractivity contribution is -0.255. The Morgan fingerprint density at radius 1 is 1.16 bits per heavy atom. The Balaban J connectivity index is 2.09. The summed E-state index contributed by atoms with van der Waals surface area (Å²) in [5, 5.41) is 12.8. The van der Waals surface area contributed by atoms with Crippen molar-refractivity contribution in [1.82, 2.24) is 5.32 Å². The predicted molar refractivity (Wildman–Crippen MR) is 103 cm³/mol. The van der Waals surface area contributed by atoms with E-state index in [0.717, 1.165) is 18.2 Å². The largest absolute Gasteiger partial charge is 0.545 e. The van der Waals surface area contributed by atoms with Crippen molar-refractivity contribution in [3.8, 4) is 5.75 Å². The minimum Gasteiger partial charge on any atom is -0.545 e. The molecule has 0 bridgehead atoms. The molecular formula is C20H11ClF3N2O6-. The van der Waals surface area contributed by atoms with Gasteiger partial charge >= 0.3 is 12.2 Å². The zero-order valence-electron chi connectivity index (χ0n) is 16.0. The Morgan fingerprint density at radius 3 is 2.44 bits per heavy atom. The number of anilines is 1. The summed E-state index contributed by atoms with van der Waals surface area (Å²) in [5.74, 6) is -4.02. The SMILES string of the molecule is COc1ccc(/C=C2\C(=O)NC(=O)N(c3cc(C(F)(F)F)ccc3Cl)C2=O)cc1C(=O)[O-]. The van der Waals surface area contributed by atoms with E-state index in [0.29, 0.717) is 12.1 Å². The fourth-order valence-corrected chi connectivity index (χ4v) is 3.08. The van der Waals surface area contributed by atoms with E-state index >= 15 is 0 Å². The van der Waals surface area contributed by atoms with E-state index in [1.54, 1.807) is 0 Å². The van der Waals surface area contributed by atoms with Gasteiger partial charge in [-0.3, -0.25) is 14.9 Å². The van der Waals surface area contributed by atoms with Gasteiger partial charge in [-0.1, -0.05) is 17.7 Å². The number of urea groups is 1. The first-order valence-electron chi connectivity index (χ1n) is 8.61. The summed E-state index contributed by atoms with van der Waals surface area (Å²) in [7, 11) is 1.22. The van der Waals surface area contributed by atoms with Crippen molar-refractivity contribution in [2.75, 3.05) is 12.0 Å². The van der Waals surface area contributed by atoms with Gasteiger partial charge in [0.15, 0.2) is 0 Å². The number of carbonyl (C=O) groups is 4. The van der Waals surface area contributed by atoms with Gasteiger partial charge < -0.3 is 14.6 Å². The van der Waals surface area contributed by atoms with Crippen LogP contribution in [0.15, 0.2) is 42.0 Å². The first-order chi connectivity index (χ1) is 14.9. The van der Waals surface area contributed by atoms with Gasteiger partial charge in [-0.25, -0.2) is 9.69 Å². The van der Waals surface area contributed by atoms with Crippen molar-refractivity contribution >= 4 is 47.2 Å². The van der Waals surface area contributed by atoms with E-state index in [-0.39, 0.29) is 26.8 Å². The van der Waals surface area contributed by atoms with Crippen LogP contribution in [0.25, 0.3) is 6.08 Å². The summed E-state index contributed by atoms with van der Waals surface area (Å²) >= 11 is 5.91. The number of amides is 4. The molecule has 1 aliphatic heterocycles. The van der Waals surface area contributed by atoms with Crippen molar-refractivity contribution in [2.24, 2.45) is 0 Å². The smallest absolute Gasteiger partial charge is 0.416 e. The summed E-state index contributed by atoms with van der Waals surface area (Å²) in [6.07, 6.45) is -3.82. The van der Waals surface area contributed by atoms with Crippen LogP contribution in [0.5, 0.6) is 5.75 Å². The van der Waals surface area contributed by atoms with Crippen LogP contribution >= 0.6 is 11.6 Å². The fraction of sp³-hybridized carbons (Fsp3) is 0.100. The number of halogens is 4. The molecule has 2 aromatic rings. The van der Waals surface area contributed by atoms with E-state index in [1.807, 2.05) is 5.32 Å². The van der Waals surface area contributed by atoms with Crippen molar-refractivity contribution < 1.29 is 42.2 Å². The molecule has 0 aliphatic carbocycles. The Bertz CT molecular complexity index is 1190. The molecule has 3 rings (SSSR count). The van der Waals surface area contributed by atoms with E-state index in [2.05, 4.69) is 0 Å². The molecule has 1 N–H and O–H groups in total. The van der Waals surface area contributed by atoms with Gasteiger partial charge in [0, 0.05) is 5.56 Å². The highest BCUT2D eigenvalue weighted by Gasteiger charge is 2.39. The molecule has 166 valence electrons. The highest BCUT2D eigenvalue weighted by Crippen LogP contribution is 2.36. The normalized spacial score (nSPS) is 15.7. The lowest BCUT2D eigenvalue weighted by atomic mass is 10.0. The number of hydrogen-bond donors (Lipinski definition) is 1. The number of benzene rings is 2. The van der Waals surface area contributed by atoms with E-state index in [4.69, 9.17) is 16.3 Å². The summed E-state index contributed by atoms with van der Waals surface area (Å²) in [6.45, 7) is 0. The maximum atomic E-state index is 13.1. The number of carboxylic acid groups (broad SMARTS) is 1. The molecule has 12 heteroatoms. The van der Waals surface area contributed by atoms with Crippen LogP contribution in [0.4, 0.5) is 23.7 Å². The van der Waals surface area contributed by atoms with Crippen LogP contribution in [-0.2, 0) is 15.8 Å². The molecule has 4 amide bonds. The standard InChI is InChI=1S/C20H12ClF3N2O6/c1-32-15-5-2-9(6-11(15)18(29)30)7-12-16(27)25-19(31)26(17(12)28)14-8-10(20(22,23)24)3-4-13(14)21/h2-8H,1H3,(H,29,30)(H,25,27,31)/p-1/b12-7+. The number of nitrogens with zero attached hydrogens (tertiary/aromatic N) is 1. The number of methoxy groups -OCH3 is 1. The van der Waals surface area contributed by atoms with Crippen LogP contribution in [0, 0.1) is 0 Å². The highest BCUT2D eigenvalue weighted by molar-refractivity contribution is 6.42. The van der Waals surface area contributed by atoms with Crippen LogP contribution in [0.2, 0.25) is 5.02 Å². The topological polar surface area (TPSA) is 116 Å². The number of rotatable bonds is 4.